The van der Waals surface area contributed by atoms with Gasteiger partial charge in [-0.05, 0) is 29.5 Å². The molecule has 0 unspecified atom stereocenters. The smallest absolute Gasteiger partial charge is 0.0151 e. The van der Waals surface area contributed by atoms with Gasteiger partial charge in [0.25, 0.3) is 0 Å². The molecule has 0 aliphatic heterocycles. The Morgan fingerprint density at radius 2 is 0.963 bits per heavy atom. The first-order chi connectivity index (χ1) is 13.4. The van der Waals surface area contributed by atoms with Crippen molar-refractivity contribution < 1.29 is 0 Å². The van der Waals surface area contributed by atoms with Crippen LogP contribution in [0.4, 0.5) is 0 Å². The Morgan fingerprint density at radius 3 is 1.41 bits per heavy atom. The Kier molecular flexibility index (Phi) is 11.3. The second-order valence-corrected chi connectivity index (χ2v) is 7.67. The minimum atomic E-state index is 1.18. The third-order valence-corrected chi connectivity index (χ3v) is 5.33. The topological polar surface area (TPSA) is 0 Å². The van der Waals surface area contributed by atoms with E-state index in [4.69, 9.17) is 0 Å². The van der Waals surface area contributed by atoms with Gasteiger partial charge >= 0.3 is 0 Å². The van der Waals surface area contributed by atoms with Crippen LogP contribution >= 0.6 is 0 Å². The first kappa shape index (κ1) is 21.5. The molecule has 0 aliphatic rings. The standard InChI is InChI=1S/C27H38/c1-2-3-4-5-6-7-8-9-10-11-12-19-24-27(25-20-15-13-16-21-25)26-22-17-14-18-23-26/h13-18,20-24H,2-12,19H2,1H3. The van der Waals surface area contributed by atoms with Crippen molar-refractivity contribution >= 4 is 5.57 Å². The molecule has 0 bridgehead atoms. The SMILES string of the molecule is CCCCCCCCCCCCCC=C(c1ccccc1)c1ccccc1. The normalized spacial score (nSPS) is 10.7. The van der Waals surface area contributed by atoms with Crippen molar-refractivity contribution in [1.82, 2.24) is 0 Å². The number of rotatable bonds is 14. The number of benzene rings is 2. The van der Waals surface area contributed by atoms with E-state index in [2.05, 4.69) is 73.7 Å². The molecule has 0 amide bonds. The van der Waals surface area contributed by atoms with Gasteiger partial charge in [-0.2, -0.15) is 0 Å². The lowest BCUT2D eigenvalue weighted by Gasteiger charge is -2.09. The highest BCUT2D eigenvalue weighted by Crippen LogP contribution is 2.24. The minimum Gasteiger partial charge on any atom is -0.0761 e. The highest BCUT2D eigenvalue weighted by molar-refractivity contribution is 5.79. The van der Waals surface area contributed by atoms with Crippen LogP contribution in [0.1, 0.15) is 95.1 Å². The molecule has 2 rings (SSSR count). The summed E-state index contributed by atoms with van der Waals surface area (Å²) in [6.45, 7) is 2.29. The molecular weight excluding hydrogens is 324 g/mol. The first-order valence-electron chi connectivity index (χ1n) is 11.2. The molecular formula is C27H38. The molecule has 27 heavy (non-hydrogen) atoms. The second kappa shape index (κ2) is 14.3. The molecule has 0 saturated carbocycles. The molecule has 0 radical (unpaired) electrons. The van der Waals surface area contributed by atoms with E-state index < -0.39 is 0 Å². The summed E-state index contributed by atoms with van der Waals surface area (Å²) >= 11 is 0. The fourth-order valence-electron chi connectivity index (χ4n) is 3.69. The Labute approximate surface area is 167 Å². The van der Waals surface area contributed by atoms with Gasteiger partial charge in [0.15, 0.2) is 0 Å². The molecule has 0 heterocycles. The molecule has 0 nitrogen and oxygen atoms in total. The van der Waals surface area contributed by atoms with Crippen LogP contribution in [0.2, 0.25) is 0 Å². The maximum absolute atomic E-state index is 2.44. The van der Waals surface area contributed by atoms with Crippen LogP contribution in [0.5, 0.6) is 0 Å². The number of unbranched alkanes of at least 4 members (excludes halogenated alkanes) is 11. The average molecular weight is 363 g/mol. The number of allylic oxidation sites excluding steroid dienone is 1. The molecule has 0 aliphatic carbocycles. The van der Waals surface area contributed by atoms with Crippen LogP contribution in [-0.4, -0.2) is 0 Å². The van der Waals surface area contributed by atoms with Crippen molar-refractivity contribution in [2.45, 2.75) is 84.0 Å². The van der Waals surface area contributed by atoms with Crippen LogP contribution < -0.4 is 0 Å². The van der Waals surface area contributed by atoms with E-state index >= 15 is 0 Å². The largest absolute Gasteiger partial charge is 0.0761 e. The zero-order valence-corrected chi connectivity index (χ0v) is 17.3. The van der Waals surface area contributed by atoms with Crippen LogP contribution in [0.25, 0.3) is 5.57 Å². The van der Waals surface area contributed by atoms with Crippen molar-refractivity contribution in [3.63, 3.8) is 0 Å². The fourth-order valence-corrected chi connectivity index (χ4v) is 3.69. The predicted octanol–water partition coefficient (Wildman–Crippen LogP) is 8.82. The molecule has 0 aromatic heterocycles. The molecule has 0 N–H and O–H groups in total. The summed E-state index contributed by atoms with van der Waals surface area (Å²) in [4.78, 5) is 0. The van der Waals surface area contributed by atoms with Gasteiger partial charge in [-0.1, -0.05) is 138 Å². The zero-order valence-electron chi connectivity index (χ0n) is 17.3. The Balaban J connectivity index is 1.67. The van der Waals surface area contributed by atoms with Crippen LogP contribution in [0.3, 0.4) is 0 Å². The van der Waals surface area contributed by atoms with Gasteiger partial charge in [-0.25, -0.2) is 0 Å². The summed E-state index contributed by atoms with van der Waals surface area (Å²) in [6.07, 6.45) is 19.1. The van der Waals surface area contributed by atoms with E-state index in [0.717, 1.165) is 0 Å². The average Bonchev–Trinajstić information content (AvgIpc) is 2.73. The van der Waals surface area contributed by atoms with E-state index in [1.165, 1.54) is 93.7 Å². The number of hydrogen-bond acceptors (Lipinski definition) is 0. The van der Waals surface area contributed by atoms with Crippen LogP contribution in [0.15, 0.2) is 66.7 Å². The molecule has 0 saturated heterocycles. The number of hydrogen-bond donors (Lipinski definition) is 0. The summed E-state index contributed by atoms with van der Waals surface area (Å²) in [5.74, 6) is 0. The van der Waals surface area contributed by atoms with Crippen molar-refractivity contribution in [1.29, 1.82) is 0 Å². The third-order valence-electron chi connectivity index (χ3n) is 5.33. The Bertz CT molecular complexity index is 568. The third kappa shape index (κ3) is 9.09. The Morgan fingerprint density at radius 1 is 0.556 bits per heavy atom. The summed E-state index contributed by atoms with van der Waals surface area (Å²) in [7, 11) is 0. The highest BCUT2D eigenvalue weighted by Gasteiger charge is 2.03. The first-order valence-corrected chi connectivity index (χ1v) is 11.2. The van der Waals surface area contributed by atoms with E-state index in [1.807, 2.05) is 0 Å². The maximum Gasteiger partial charge on any atom is -0.0151 e. The quantitative estimate of drug-likeness (QED) is 0.294. The van der Waals surface area contributed by atoms with E-state index in [1.54, 1.807) is 0 Å². The minimum absolute atomic E-state index is 1.18. The predicted molar refractivity (Wildman–Crippen MR) is 121 cm³/mol. The van der Waals surface area contributed by atoms with Crippen molar-refractivity contribution in [2.75, 3.05) is 0 Å². The van der Waals surface area contributed by atoms with Gasteiger partial charge in [0.2, 0.25) is 0 Å². The summed E-state index contributed by atoms with van der Waals surface area (Å²) in [5.41, 5.74) is 4.03. The van der Waals surface area contributed by atoms with Crippen LogP contribution in [0, 0.1) is 0 Å². The van der Waals surface area contributed by atoms with Crippen molar-refractivity contribution in [2.24, 2.45) is 0 Å². The molecule has 146 valence electrons. The highest BCUT2D eigenvalue weighted by atomic mass is 14.1. The summed E-state index contributed by atoms with van der Waals surface area (Å²) in [6, 6.07) is 21.6. The maximum atomic E-state index is 2.44. The van der Waals surface area contributed by atoms with E-state index in [-0.39, 0.29) is 0 Å². The molecule has 2 aromatic carbocycles. The fraction of sp³-hybridized carbons (Fsp3) is 0.481. The van der Waals surface area contributed by atoms with Crippen LogP contribution in [-0.2, 0) is 0 Å². The lowest BCUT2D eigenvalue weighted by Crippen LogP contribution is -1.88. The lowest BCUT2D eigenvalue weighted by atomic mass is 9.96. The van der Waals surface area contributed by atoms with Gasteiger partial charge in [-0.15, -0.1) is 0 Å². The van der Waals surface area contributed by atoms with Gasteiger partial charge in [-0.3, -0.25) is 0 Å². The van der Waals surface area contributed by atoms with Gasteiger partial charge in [0.05, 0.1) is 0 Å². The molecule has 0 heteroatoms. The van der Waals surface area contributed by atoms with E-state index in [9.17, 15) is 0 Å². The zero-order chi connectivity index (χ0) is 19.0. The van der Waals surface area contributed by atoms with Crippen molar-refractivity contribution in [3.8, 4) is 0 Å². The molecule has 0 spiro atoms. The second-order valence-electron chi connectivity index (χ2n) is 7.67. The van der Waals surface area contributed by atoms with Gasteiger partial charge in [0, 0.05) is 0 Å². The monoisotopic (exact) mass is 362 g/mol. The molecule has 0 atom stereocenters. The lowest BCUT2D eigenvalue weighted by molar-refractivity contribution is 0.550. The molecule has 2 aromatic rings. The van der Waals surface area contributed by atoms with E-state index in [0.29, 0.717) is 0 Å². The van der Waals surface area contributed by atoms with Gasteiger partial charge in [0.1, 0.15) is 0 Å². The van der Waals surface area contributed by atoms with Gasteiger partial charge < -0.3 is 0 Å². The van der Waals surface area contributed by atoms with Crippen molar-refractivity contribution in [3.05, 3.63) is 77.9 Å². The summed E-state index contributed by atoms with van der Waals surface area (Å²) < 4.78 is 0. The summed E-state index contributed by atoms with van der Waals surface area (Å²) in [5, 5.41) is 0. The Hall–Kier alpha value is -1.82. The molecule has 0 fully saturated rings.